The molecular weight excluding hydrogens is 192 g/mol. The number of aromatic nitrogens is 2. The van der Waals surface area contributed by atoms with Gasteiger partial charge in [-0.1, -0.05) is 0 Å². The SMILES string of the molecule is CN=C1c2cccn2B(F)n2cccc21. The highest BCUT2D eigenvalue weighted by Gasteiger charge is 2.32. The van der Waals surface area contributed by atoms with E-state index in [4.69, 9.17) is 0 Å². The first-order valence-corrected chi connectivity index (χ1v) is 4.78. The van der Waals surface area contributed by atoms with Gasteiger partial charge in [0.15, 0.2) is 0 Å². The van der Waals surface area contributed by atoms with Crippen LogP contribution in [0.1, 0.15) is 11.4 Å². The van der Waals surface area contributed by atoms with Crippen molar-refractivity contribution >= 4 is 13.0 Å². The molecule has 0 saturated heterocycles. The van der Waals surface area contributed by atoms with Gasteiger partial charge in [0.2, 0.25) is 0 Å². The standard InChI is InChI=1S/C10H9BFN3/c1-13-10-8-4-2-6-14(8)11(12)15-7-3-5-9(10)15/h2-7H,1H3. The van der Waals surface area contributed by atoms with Crippen molar-refractivity contribution in [2.24, 2.45) is 4.99 Å². The maximum absolute atomic E-state index is 14.0. The number of nitrogens with zero attached hydrogens (tertiary/aromatic N) is 3. The van der Waals surface area contributed by atoms with Gasteiger partial charge in [0, 0.05) is 7.05 Å². The van der Waals surface area contributed by atoms with E-state index in [9.17, 15) is 4.32 Å². The van der Waals surface area contributed by atoms with Gasteiger partial charge in [0.25, 0.3) is 0 Å². The van der Waals surface area contributed by atoms with Crippen LogP contribution in [0.5, 0.6) is 0 Å². The lowest BCUT2D eigenvalue weighted by molar-refractivity contribution is 0.739. The Labute approximate surface area is 87.0 Å². The van der Waals surface area contributed by atoms with Gasteiger partial charge in [-0.2, -0.15) is 0 Å². The Morgan fingerprint density at radius 1 is 1.13 bits per heavy atom. The van der Waals surface area contributed by atoms with E-state index < -0.39 is 7.26 Å². The minimum absolute atomic E-state index is 0.830. The Morgan fingerprint density at radius 2 is 1.67 bits per heavy atom. The lowest BCUT2D eigenvalue weighted by Crippen LogP contribution is -2.38. The average molecular weight is 201 g/mol. The molecule has 3 heterocycles. The monoisotopic (exact) mass is 201 g/mol. The quantitative estimate of drug-likeness (QED) is 0.575. The van der Waals surface area contributed by atoms with Crippen LogP contribution in [0.3, 0.4) is 0 Å². The Bertz CT molecular complexity index is 496. The third-order valence-corrected chi connectivity index (χ3v) is 2.73. The summed E-state index contributed by atoms with van der Waals surface area (Å²) >= 11 is 0. The Hall–Kier alpha value is -1.78. The number of fused-ring (bicyclic) bond motifs is 2. The highest BCUT2D eigenvalue weighted by Crippen LogP contribution is 2.20. The first kappa shape index (κ1) is 8.53. The van der Waals surface area contributed by atoms with Gasteiger partial charge in [0.05, 0.1) is 11.4 Å². The number of rotatable bonds is 0. The van der Waals surface area contributed by atoms with Crippen molar-refractivity contribution in [3.05, 3.63) is 48.0 Å². The van der Waals surface area contributed by atoms with E-state index in [1.54, 1.807) is 28.4 Å². The summed E-state index contributed by atoms with van der Waals surface area (Å²) in [5, 5.41) is 0. The second-order valence-corrected chi connectivity index (χ2v) is 3.48. The van der Waals surface area contributed by atoms with Gasteiger partial charge < -0.3 is 8.96 Å². The molecule has 1 aliphatic rings. The van der Waals surface area contributed by atoms with Crippen LogP contribution >= 0.6 is 0 Å². The van der Waals surface area contributed by atoms with Crippen LogP contribution < -0.4 is 0 Å². The third-order valence-electron chi connectivity index (χ3n) is 2.73. The Balaban J connectivity index is 2.33. The van der Waals surface area contributed by atoms with Crippen LogP contribution in [0.2, 0.25) is 0 Å². The molecule has 74 valence electrons. The molecule has 0 radical (unpaired) electrons. The second-order valence-electron chi connectivity index (χ2n) is 3.48. The first-order chi connectivity index (χ1) is 7.33. The fourth-order valence-electron chi connectivity index (χ4n) is 2.05. The zero-order chi connectivity index (χ0) is 10.4. The minimum Gasteiger partial charge on any atom is -0.340 e. The molecule has 2 aromatic heterocycles. The van der Waals surface area contributed by atoms with E-state index in [-0.39, 0.29) is 0 Å². The summed E-state index contributed by atoms with van der Waals surface area (Å²) in [6.07, 6.45) is 3.46. The molecule has 0 N–H and O–H groups in total. The Morgan fingerprint density at radius 3 is 2.13 bits per heavy atom. The maximum Gasteiger partial charge on any atom is 0.596 e. The van der Waals surface area contributed by atoms with Gasteiger partial charge >= 0.3 is 7.26 Å². The predicted octanol–water partition coefficient (Wildman–Crippen LogP) is 1.42. The number of hydrogen-bond acceptors (Lipinski definition) is 1. The number of halogens is 1. The van der Waals surface area contributed by atoms with Gasteiger partial charge in [-0.3, -0.25) is 9.31 Å². The molecular formula is C10H9BFN3. The van der Waals surface area contributed by atoms with Crippen molar-refractivity contribution in [2.75, 3.05) is 7.05 Å². The number of hydrogen-bond donors (Lipinski definition) is 0. The molecule has 5 heteroatoms. The molecule has 0 aromatic carbocycles. The zero-order valence-electron chi connectivity index (χ0n) is 8.26. The van der Waals surface area contributed by atoms with E-state index in [0.717, 1.165) is 17.1 Å². The maximum atomic E-state index is 14.0. The van der Waals surface area contributed by atoms with Crippen LogP contribution in [-0.2, 0) is 0 Å². The topological polar surface area (TPSA) is 22.2 Å². The highest BCUT2D eigenvalue weighted by molar-refractivity contribution is 6.51. The summed E-state index contributed by atoms with van der Waals surface area (Å²) in [7, 11) is 0.563. The molecule has 0 atom stereocenters. The van der Waals surface area contributed by atoms with E-state index in [1.807, 2.05) is 24.3 Å². The molecule has 0 aliphatic carbocycles. The zero-order valence-corrected chi connectivity index (χ0v) is 8.26. The molecule has 3 rings (SSSR count). The molecule has 2 aromatic rings. The van der Waals surface area contributed by atoms with Crippen LogP contribution in [-0.4, -0.2) is 29.0 Å². The van der Waals surface area contributed by atoms with Crippen molar-refractivity contribution < 1.29 is 4.32 Å². The molecule has 0 fully saturated rings. The molecule has 0 saturated carbocycles. The molecule has 15 heavy (non-hydrogen) atoms. The van der Waals surface area contributed by atoms with Crippen molar-refractivity contribution in [3.63, 3.8) is 0 Å². The summed E-state index contributed by atoms with van der Waals surface area (Å²) in [5.74, 6) is 0. The molecule has 1 aliphatic heterocycles. The van der Waals surface area contributed by atoms with Gasteiger partial charge in [-0.25, -0.2) is 0 Å². The van der Waals surface area contributed by atoms with Gasteiger partial charge in [-0.15, -0.1) is 0 Å². The first-order valence-electron chi connectivity index (χ1n) is 4.78. The van der Waals surface area contributed by atoms with Crippen molar-refractivity contribution in [3.8, 4) is 0 Å². The molecule has 0 unspecified atom stereocenters. The van der Waals surface area contributed by atoms with E-state index >= 15 is 0 Å². The van der Waals surface area contributed by atoms with E-state index in [2.05, 4.69) is 4.99 Å². The van der Waals surface area contributed by atoms with Crippen LogP contribution in [0.15, 0.2) is 41.7 Å². The average Bonchev–Trinajstić information content (AvgIpc) is 2.85. The van der Waals surface area contributed by atoms with Crippen molar-refractivity contribution in [1.82, 2.24) is 8.96 Å². The lowest BCUT2D eigenvalue weighted by atomic mass is 9.97. The van der Waals surface area contributed by atoms with E-state index in [1.165, 1.54) is 0 Å². The van der Waals surface area contributed by atoms with Gasteiger partial charge in [0.1, 0.15) is 5.71 Å². The fourth-order valence-corrected chi connectivity index (χ4v) is 2.05. The second kappa shape index (κ2) is 2.86. The normalized spacial score (nSPS) is 13.7. The highest BCUT2D eigenvalue weighted by atomic mass is 19.1. The fraction of sp³-hybridized carbons (Fsp3) is 0.100. The van der Waals surface area contributed by atoms with Gasteiger partial charge in [-0.05, 0) is 36.7 Å². The summed E-state index contributed by atoms with van der Waals surface area (Å²) < 4.78 is 17.2. The van der Waals surface area contributed by atoms with Crippen LogP contribution in [0, 0.1) is 0 Å². The molecule has 0 bridgehead atoms. The largest absolute Gasteiger partial charge is 0.596 e. The number of aliphatic imine (C=N–C) groups is 1. The van der Waals surface area contributed by atoms with Crippen LogP contribution in [0.25, 0.3) is 0 Å². The summed E-state index contributed by atoms with van der Waals surface area (Å²) in [4.78, 5) is 4.22. The summed E-state index contributed by atoms with van der Waals surface area (Å²) in [5.41, 5.74) is 2.49. The lowest BCUT2D eigenvalue weighted by Gasteiger charge is -2.21. The minimum atomic E-state index is -1.16. The molecule has 0 spiro atoms. The van der Waals surface area contributed by atoms with Crippen molar-refractivity contribution in [2.45, 2.75) is 0 Å². The smallest absolute Gasteiger partial charge is 0.340 e. The summed E-state index contributed by atoms with van der Waals surface area (Å²) in [6, 6.07) is 7.43. The van der Waals surface area contributed by atoms with Crippen LogP contribution in [0.4, 0.5) is 4.32 Å². The Kier molecular flexibility index (Phi) is 1.62. The predicted molar refractivity (Wildman–Crippen MR) is 58.1 cm³/mol. The third kappa shape index (κ3) is 0.974. The summed E-state index contributed by atoms with van der Waals surface area (Å²) in [6.45, 7) is 0. The molecule has 3 nitrogen and oxygen atoms in total. The molecule has 0 amide bonds. The van der Waals surface area contributed by atoms with Crippen molar-refractivity contribution in [1.29, 1.82) is 0 Å². The van der Waals surface area contributed by atoms with E-state index in [0.29, 0.717) is 0 Å².